The number of aromatic nitrogens is 1. The largest absolute Gasteiger partial charge is 0.461 e. The van der Waals surface area contributed by atoms with E-state index in [2.05, 4.69) is 18.8 Å². The summed E-state index contributed by atoms with van der Waals surface area (Å²) in [6, 6.07) is 0. The van der Waals surface area contributed by atoms with Crippen molar-refractivity contribution in [3.05, 3.63) is 11.1 Å². The van der Waals surface area contributed by atoms with E-state index >= 15 is 0 Å². The van der Waals surface area contributed by atoms with Crippen molar-refractivity contribution in [1.29, 1.82) is 0 Å². The average molecular weight is 280 g/mol. The predicted octanol–water partition coefficient (Wildman–Crippen LogP) is 2.08. The number of ether oxygens (including phenoxy) is 1. The van der Waals surface area contributed by atoms with Crippen LogP contribution in [0.1, 0.15) is 31.3 Å². The van der Waals surface area contributed by atoms with E-state index in [1.54, 1.807) is 17.3 Å². The highest BCUT2D eigenvalue weighted by molar-refractivity contribution is 7.13. The third-order valence-electron chi connectivity index (χ3n) is 1.78. The van der Waals surface area contributed by atoms with Crippen molar-refractivity contribution in [1.82, 2.24) is 4.98 Å². The van der Waals surface area contributed by atoms with Crippen LogP contribution >= 0.6 is 23.7 Å². The number of thiazole rings is 1. The molecule has 0 aromatic carbocycles. The summed E-state index contributed by atoms with van der Waals surface area (Å²) in [5.41, 5.74) is 0.320. The van der Waals surface area contributed by atoms with Gasteiger partial charge in [0, 0.05) is 11.9 Å². The van der Waals surface area contributed by atoms with Crippen LogP contribution in [0.5, 0.6) is 0 Å². The smallest absolute Gasteiger partial charge is 0.357 e. The van der Waals surface area contributed by atoms with E-state index in [1.165, 1.54) is 11.3 Å². The lowest BCUT2D eigenvalue weighted by molar-refractivity contribution is 0.0520. The van der Waals surface area contributed by atoms with Gasteiger partial charge in [-0.15, -0.1) is 23.7 Å². The number of carbonyl (C=O) groups excluding carboxylic acids is 1. The van der Waals surface area contributed by atoms with Crippen LogP contribution in [-0.4, -0.2) is 24.1 Å². The zero-order chi connectivity index (χ0) is 12.1. The van der Waals surface area contributed by atoms with Crippen LogP contribution in [0.25, 0.3) is 0 Å². The molecule has 0 unspecified atom stereocenters. The minimum atomic E-state index is -0.400. The molecule has 2 N–H and O–H groups in total. The number of hydrogen-bond donors (Lipinski definition) is 1. The minimum Gasteiger partial charge on any atom is -0.461 e. The van der Waals surface area contributed by atoms with E-state index in [9.17, 15) is 4.79 Å². The number of anilines is 1. The fraction of sp³-hybridized carbons (Fsp3) is 0.600. The normalized spacial score (nSPS) is 9.94. The molecule has 98 valence electrons. The van der Waals surface area contributed by atoms with Gasteiger partial charge in [0.1, 0.15) is 0 Å². The molecule has 1 aromatic heterocycles. The first-order chi connectivity index (χ1) is 7.54. The number of halogens is 1. The summed E-state index contributed by atoms with van der Waals surface area (Å²) >= 11 is 1.34. The van der Waals surface area contributed by atoms with Gasteiger partial charge in [-0.05, 0) is 12.8 Å². The Morgan fingerprint density at radius 3 is 2.82 bits per heavy atom. The summed E-state index contributed by atoms with van der Waals surface area (Å²) in [5, 5.41) is 3.85. The highest BCUT2D eigenvalue weighted by Gasteiger charge is 2.14. The molecule has 1 rings (SSSR count). The van der Waals surface area contributed by atoms with E-state index < -0.39 is 5.97 Å². The minimum absolute atomic E-state index is 0. The van der Waals surface area contributed by atoms with Crippen LogP contribution in [0.15, 0.2) is 5.38 Å². The SMILES string of the molecule is CCOC(=O)c1csc(N(N)CC(C)C)n1.Cl. The van der Waals surface area contributed by atoms with Gasteiger partial charge in [-0.3, -0.25) is 5.01 Å². The Kier molecular flexibility index (Phi) is 7.10. The summed E-state index contributed by atoms with van der Waals surface area (Å²) in [4.78, 5) is 15.5. The molecule has 0 fully saturated rings. The Morgan fingerprint density at radius 2 is 2.29 bits per heavy atom. The third kappa shape index (κ3) is 4.89. The number of esters is 1. The zero-order valence-corrected chi connectivity index (χ0v) is 11.8. The summed E-state index contributed by atoms with van der Waals surface area (Å²) in [6.07, 6.45) is 0. The number of hydrazine groups is 1. The van der Waals surface area contributed by atoms with Crippen LogP contribution in [0, 0.1) is 5.92 Å². The van der Waals surface area contributed by atoms with Crippen molar-refractivity contribution < 1.29 is 9.53 Å². The van der Waals surface area contributed by atoms with E-state index in [-0.39, 0.29) is 12.4 Å². The van der Waals surface area contributed by atoms with Gasteiger partial charge in [-0.2, -0.15) is 0 Å². The molecule has 0 spiro atoms. The third-order valence-corrected chi connectivity index (χ3v) is 2.66. The maximum absolute atomic E-state index is 11.4. The molecule has 5 nitrogen and oxygen atoms in total. The molecule has 0 aliphatic heterocycles. The Labute approximate surface area is 111 Å². The van der Waals surface area contributed by atoms with Gasteiger partial charge >= 0.3 is 5.97 Å². The fourth-order valence-corrected chi connectivity index (χ4v) is 1.89. The standard InChI is InChI=1S/C10H17N3O2S.ClH/c1-4-15-9(14)8-6-16-10(12-8)13(11)5-7(2)3;/h6-7H,4-5,11H2,1-3H3;1H. The van der Waals surface area contributed by atoms with Crippen molar-refractivity contribution in [2.75, 3.05) is 18.2 Å². The van der Waals surface area contributed by atoms with Crippen molar-refractivity contribution in [3.8, 4) is 0 Å². The van der Waals surface area contributed by atoms with Crippen LogP contribution in [0.2, 0.25) is 0 Å². The maximum atomic E-state index is 11.4. The summed E-state index contributed by atoms with van der Waals surface area (Å²) in [7, 11) is 0. The van der Waals surface area contributed by atoms with E-state index in [0.29, 0.717) is 29.9 Å². The molecule has 17 heavy (non-hydrogen) atoms. The average Bonchev–Trinajstić information content (AvgIpc) is 2.65. The van der Waals surface area contributed by atoms with Gasteiger partial charge in [0.15, 0.2) is 10.8 Å². The molecule has 0 atom stereocenters. The second-order valence-electron chi connectivity index (χ2n) is 3.78. The summed E-state index contributed by atoms with van der Waals surface area (Å²) in [6.45, 7) is 6.96. The monoisotopic (exact) mass is 279 g/mol. The van der Waals surface area contributed by atoms with Gasteiger partial charge in [-0.1, -0.05) is 13.8 Å². The van der Waals surface area contributed by atoms with E-state index in [0.717, 1.165) is 0 Å². The topological polar surface area (TPSA) is 68.5 Å². The van der Waals surface area contributed by atoms with Crippen LogP contribution in [0.3, 0.4) is 0 Å². The molecule has 0 saturated carbocycles. The molecular weight excluding hydrogens is 262 g/mol. The van der Waals surface area contributed by atoms with Crippen LogP contribution < -0.4 is 10.9 Å². The summed E-state index contributed by atoms with van der Waals surface area (Å²) < 4.78 is 4.85. The fourth-order valence-electron chi connectivity index (χ4n) is 1.17. The quantitative estimate of drug-likeness (QED) is 0.508. The lowest BCUT2D eigenvalue weighted by atomic mass is 10.2. The molecule has 0 aliphatic rings. The lowest BCUT2D eigenvalue weighted by Gasteiger charge is -2.16. The van der Waals surface area contributed by atoms with Crippen LogP contribution in [0.4, 0.5) is 5.13 Å². The number of nitrogens with two attached hydrogens (primary N) is 1. The molecule has 0 bridgehead atoms. The zero-order valence-electron chi connectivity index (χ0n) is 10.2. The first kappa shape index (κ1) is 16.1. The predicted molar refractivity (Wildman–Crippen MR) is 71.7 cm³/mol. The first-order valence-electron chi connectivity index (χ1n) is 5.19. The highest BCUT2D eigenvalue weighted by Crippen LogP contribution is 2.19. The Morgan fingerprint density at radius 1 is 1.65 bits per heavy atom. The van der Waals surface area contributed by atoms with Crippen molar-refractivity contribution in [2.24, 2.45) is 11.8 Å². The van der Waals surface area contributed by atoms with Gasteiger partial charge in [0.25, 0.3) is 0 Å². The molecule has 0 saturated heterocycles. The van der Waals surface area contributed by atoms with Crippen LogP contribution in [-0.2, 0) is 4.74 Å². The second-order valence-corrected chi connectivity index (χ2v) is 4.62. The molecule has 0 aliphatic carbocycles. The number of carbonyl (C=O) groups is 1. The number of rotatable bonds is 5. The van der Waals surface area contributed by atoms with Crippen molar-refractivity contribution in [3.63, 3.8) is 0 Å². The van der Waals surface area contributed by atoms with Crippen molar-refractivity contribution in [2.45, 2.75) is 20.8 Å². The first-order valence-corrected chi connectivity index (χ1v) is 6.07. The van der Waals surface area contributed by atoms with Gasteiger partial charge < -0.3 is 4.74 Å². The van der Waals surface area contributed by atoms with Gasteiger partial charge in [-0.25, -0.2) is 15.6 Å². The van der Waals surface area contributed by atoms with Gasteiger partial charge in [0.05, 0.1) is 6.61 Å². The second kappa shape index (κ2) is 7.47. The number of hydrogen-bond acceptors (Lipinski definition) is 6. The lowest BCUT2D eigenvalue weighted by Crippen LogP contribution is -2.34. The Balaban J connectivity index is 0.00000256. The highest BCUT2D eigenvalue weighted by atomic mass is 35.5. The molecule has 1 aromatic rings. The van der Waals surface area contributed by atoms with E-state index in [4.69, 9.17) is 10.6 Å². The molecular formula is C10H18ClN3O2S. The number of nitrogens with zero attached hydrogens (tertiary/aromatic N) is 2. The maximum Gasteiger partial charge on any atom is 0.357 e. The van der Waals surface area contributed by atoms with E-state index in [1.807, 2.05) is 0 Å². The molecule has 7 heteroatoms. The summed E-state index contributed by atoms with van der Waals surface area (Å²) in [5.74, 6) is 5.86. The Hall–Kier alpha value is -0.850. The molecule has 0 radical (unpaired) electrons. The Bertz CT molecular complexity index is 357. The molecule has 0 amide bonds. The van der Waals surface area contributed by atoms with Gasteiger partial charge in [0.2, 0.25) is 0 Å². The van der Waals surface area contributed by atoms with Crippen molar-refractivity contribution >= 4 is 34.8 Å². The molecule has 1 heterocycles.